The quantitative estimate of drug-likeness (QED) is 0.0222. The molecule has 0 radical (unpaired) electrons. The number of carbonyl (C=O) groups is 4. The molecule has 0 saturated heterocycles. The minimum absolute atomic E-state index is 0.106. The number of carbonyl (C=O) groups excluding carboxylic acids is 4. The van der Waals surface area contributed by atoms with Crippen molar-refractivity contribution in [1.82, 2.24) is 0 Å². The third-order valence-corrected chi connectivity index (χ3v) is 22.0. The molecule has 0 amide bonds. The first-order chi connectivity index (χ1) is 49.9. The van der Waals surface area contributed by atoms with Gasteiger partial charge in [0.15, 0.2) is 12.2 Å². The summed E-state index contributed by atoms with van der Waals surface area (Å²) >= 11 is 0. The molecule has 3 unspecified atom stereocenters. The molecule has 17 nitrogen and oxygen atoms in total. The molecule has 0 fully saturated rings. The number of rotatable bonds is 83. The molecule has 0 aliphatic rings. The summed E-state index contributed by atoms with van der Waals surface area (Å²) in [5.74, 6) is -0.611. The molecule has 0 spiro atoms. The van der Waals surface area contributed by atoms with Gasteiger partial charge in [0, 0.05) is 25.7 Å². The molecule has 612 valence electrons. The molecule has 0 aromatic carbocycles. The molecule has 19 heteroatoms. The molecule has 0 aromatic heterocycles. The summed E-state index contributed by atoms with van der Waals surface area (Å²) in [6.07, 6.45) is 66.8. The van der Waals surface area contributed by atoms with Crippen LogP contribution in [-0.2, 0) is 65.4 Å². The maximum atomic E-state index is 13.1. The summed E-state index contributed by atoms with van der Waals surface area (Å²) in [5, 5.41) is 10.7. The van der Waals surface area contributed by atoms with Gasteiger partial charge < -0.3 is 33.8 Å². The Kier molecular flexibility index (Phi) is 74.1. The number of aliphatic hydroxyl groups excluding tert-OH is 1. The van der Waals surface area contributed by atoms with Gasteiger partial charge in [0.1, 0.15) is 19.3 Å². The van der Waals surface area contributed by atoms with Gasteiger partial charge in [-0.1, -0.05) is 395 Å². The highest BCUT2D eigenvalue weighted by atomic mass is 31.2. The highest BCUT2D eigenvalue weighted by molar-refractivity contribution is 7.47. The lowest BCUT2D eigenvalue weighted by Gasteiger charge is -2.21. The normalized spacial score (nSPS) is 14.1. The third-order valence-electron chi connectivity index (χ3n) is 20.1. The van der Waals surface area contributed by atoms with E-state index in [0.717, 1.165) is 108 Å². The molecule has 3 N–H and O–H groups in total. The van der Waals surface area contributed by atoms with Crippen LogP contribution in [0.15, 0.2) is 0 Å². The summed E-state index contributed by atoms with van der Waals surface area (Å²) < 4.78 is 68.8. The Morgan fingerprint density at radius 2 is 0.495 bits per heavy atom. The van der Waals surface area contributed by atoms with E-state index in [2.05, 4.69) is 41.5 Å². The Hall–Kier alpha value is -1.94. The molecule has 6 atom stereocenters. The largest absolute Gasteiger partial charge is 0.472 e. The Balaban J connectivity index is 5.22. The number of unbranched alkanes of at least 4 members (excludes halogenated alkanes) is 52. The van der Waals surface area contributed by atoms with Crippen molar-refractivity contribution < 1.29 is 80.2 Å². The van der Waals surface area contributed by atoms with Crippen LogP contribution >= 0.6 is 15.6 Å². The van der Waals surface area contributed by atoms with Crippen molar-refractivity contribution >= 4 is 39.5 Å². The Labute approximate surface area is 632 Å². The van der Waals surface area contributed by atoms with Gasteiger partial charge in [0.2, 0.25) is 0 Å². The van der Waals surface area contributed by atoms with Gasteiger partial charge in [-0.25, -0.2) is 9.13 Å². The zero-order chi connectivity index (χ0) is 75.6. The van der Waals surface area contributed by atoms with Gasteiger partial charge in [0.05, 0.1) is 26.4 Å². The summed E-state index contributed by atoms with van der Waals surface area (Å²) in [5.41, 5.74) is 0. The molecule has 0 aromatic rings. The van der Waals surface area contributed by atoms with Crippen molar-refractivity contribution in [2.45, 2.75) is 464 Å². The second-order valence-corrected chi connectivity index (χ2v) is 33.8. The van der Waals surface area contributed by atoms with Crippen LogP contribution in [0.5, 0.6) is 0 Å². The maximum Gasteiger partial charge on any atom is 0.472 e. The average molecular weight is 1510 g/mol. The zero-order valence-corrected chi connectivity index (χ0v) is 69.4. The molecule has 103 heavy (non-hydrogen) atoms. The molecular formula is C84H164O17P2. The number of hydrogen-bond acceptors (Lipinski definition) is 15. The SMILES string of the molecule is CCCCCCCCCCCCCCCCCCCCCCCCC(=O)O[C@H](COC(=O)CCCCCCCCCCCCCCCCCCC)COP(=O)(O)OC[C@@H](O)COP(=O)(O)OC[C@@H](COC(=O)CCCCCCCCC(C)CC)OC(=O)CCCCCCCCCCCCCC(C)C. The van der Waals surface area contributed by atoms with Crippen molar-refractivity contribution in [2.24, 2.45) is 11.8 Å². The topological polar surface area (TPSA) is 237 Å². The number of aliphatic hydroxyl groups is 1. The lowest BCUT2D eigenvalue weighted by Crippen LogP contribution is -2.30. The Morgan fingerprint density at radius 3 is 0.738 bits per heavy atom. The minimum atomic E-state index is -4.96. The molecule has 0 aliphatic heterocycles. The maximum absolute atomic E-state index is 13.1. The minimum Gasteiger partial charge on any atom is -0.462 e. The Morgan fingerprint density at radius 1 is 0.282 bits per heavy atom. The molecule has 0 bridgehead atoms. The van der Waals surface area contributed by atoms with Crippen LogP contribution in [0, 0.1) is 11.8 Å². The monoisotopic (exact) mass is 1510 g/mol. The van der Waals surface area contributed by atoms with Gasteiger partial charge in [-0.05, 0) is 37.5 Å². The van der Waals surface area contributed by atoms with Gasteiger partial charge in [-0.2, -0.15) is 0 Å². The predicted molar refractivity (Wildman–Crippen MR) is 423 cm³/mol. The first kappa shape index (κ1) is 101. The second-order valence-electron chi connectivity index (χ2n) is 30.9. The fourth-order valence-electron chi connectivity index (χ4n) is 13.0. The van der Waals surface area contributed by atoms with Crippen LogP contribution in [0.1, 0.15) is 446 Å². The van der Waals surface area contributed by atoms with Gasteiger partial charge in [0.25, 0.3) is 0 Å². The van der Waals surface area contributed by atoms with Crippen molar-refractivity contribution in [3.63, 3.8) is 0 Å². The van der Waals surface area contributed by atoms with Gasteiger partial charge in [-0.3, -0.25) is 37.3 Å². The van der Waals surface area contributed by atoms with Crippen LogP contribution in [0.3, 0.4) is 0 Å². The summed E-state index contributed by atoms with van der Waals surface area (Å²) in [4.78, 5) is 73.1. The van der Waals surface area contributed by atoms with E-state index in [1.807, 2.05) is 0 Å². The fraction of sp³-hybridized carbons (Fsp3) is 0.952. The van der Waals surface area contributed by atoms with E-state index in [9.17, 15) is 43.2 Å². The molecule has 0 saturated carbocycles. The number of ether oxygens (including phenoxy) is 4. The van der Waals surface area contributed by atoms with Gasteiger partial charge in [-0.15, -0.1) is 0 Å². The summed E-state index contributed by atoms with van der Waals surface area (Å²) in [6.45, 7) is 9.61. The number of hydrogen-bond donors (Lipinski definition) is 3. The smallest absolute Gasteiger partial charge is 0.462 e. The van der Waals surface area contributed by atoms with Crippen LogP contribution in [0.2, 0.25) is 0 Å². The lowest BCUT2D eigenvalue weighted by molar-refractivity contribution is -0.161. The summed E-state index contributed by atoms with van der Waals surface area (Å²) in [6, 6.07) is 0. The van der Waals surface area contributed by atoms with E-state index in [4.69, 9.17) is 37.0 Å². The van der Waals surface area contributed by atoms with Crippen molar-refractivity contribution in [1.29, 1.82) is 0 Å². The highest BCUT2D eigenvalue weighted by Crippen LogP contribution is 2.45. The fourth-order valence-corrected chi connectivity index (χ4v) is 14.6. The van der Waals surface area contributed by atoms with Crippen LogP contribution in [0.25, 0.3) is 0 Å². The predicted octanol–water partition coefficient (Wildman–Crippen LogP) is 25.5. The van der Waals surface area contributed by atoms with E-state index in [1.165, 1.54) is 257 Å². The number of phosphoric acid groups is 2. The lowest BCUT2D eigenvalue weighted by atomic mass is 10.00. The Bertz CT molecular complexity index is 1980. The number of esters is 4. The van der Waals surface area contributed by atoms with Crippen molar-refractivity contribution in [2.75, 3.05) is 39.6 Å². The van der Waals surface area contributed by atoms with Gasteiger partial charge >= 0.3 is 39.5 Å². The average Bonchev–Trinajstić information content (AvgIpc) is 0.916. The van der Waals surface area contributed by atoms with Crippen molar-refractivity contribution in [3.05, 3.63) is 0 Å². The number of phosphoric ester groups is 2. The standard InChI is InChI=1S/C84H164O17P2/c1-7-10-12-14-16-18-20-22-24-26-27-28-29-30-32-34-36-40-44-48-56-62-68-83(88)100-79(72-94-81(86)66-60-54-47-43-39-35-33-31-25-23-21-19-17-15-13-11-8-2)74-98-102(90,91)96-70-78(85)71-97-103(92,93)99-75-80(73-95-82(87)67-61-55-51-50-53-59-65-77(6)9-3)101-84(89)69-63-57-49-45-41-37-38-42-46-52-58-64-76(4)5/h76-80,85H,7-75H2,1-6H3,(H,90,91)(H,92,93)/t77?,78-,79-,80-/m1/s1. The van der Waals surface area contributed by atoms with Crippen LogP contribution < -0.4 is 0 Å². The van der Waals surface area contributed by atoms with E-state index in [1.54, 1.807) is 0 Å². The third kappa shape index (κ3) is 76.6. The van der Waals surface area contributed by atoms with E-state index >= 15 is 0 Å². The first-order valence-electron chi connectivity index (χ1n) is 43.5. The molecular weight excluding hydrogens is 1340 g/mol. The molecule has 0 rings (SSSR count). The van der Waals surface area contributed by atoms with Crippen LogP contribution in [0.4, 0.5) is 0 Å². The van der Waals surface area contributed by atoms with Crippen molar-refractivity contribution in [3.8, 4) is 0 Å². The first-order valence-corrected chi connectivity index (χ1v) is 46.5. The van der Waals surface area contributed by atoms with E-state index in [-0.39, 0.29) is 25.7 Å². The van der Waals surface area contributed by atoms with E-state index in [0.29, 0.717) is 25.7 Å². The van der Waals surface area contributed by atoms with Crippen LogP contribution in [-0.4, -0.2) is 96.7 Å². The summed E-state index contributed by atoms with van der Waals surface area (Å²) in [7, 11) is -9.92. The zero-order valence-electron chi connectivity index (χ0n) is 67.6. The molecule has 0 aliphatic carbocycles. The molecule has 0 heterocycles. The highest BCUT2D eigenvalue weighted by Gasteiger charge is 2.30. The second kappa shape index (κ2) is 75.5. The van der Waals surface area contributed by atoms with E-state index < -0.39 is 97.5 Å².